The predicted octanol–water partition coefficient (Wildman–Crippen LogP) is 5.33. The summed E-state index contributed by atoms with van der Waals surface area (Å²) in [5, 5.41) is 3.25. The van der Waals surface area contributed by atoms with Crippen LogP contribution in [0.3, 0.4) is 0 Å². The standard InChI is InChI=1S/C31H36ClN3O5S/c1-22-15-17-27(18-16-22)41(38,39)35(29-14-7-6-13-28(29)32)21-30(36)34(20-24-9-8-12-26(19-24)40-3)23(2)31(37)33-25-10-4-5-11-25/h6-9,12-19,23,25H,4-5,10-11,20-21H2,1-3H3,(H,33,37). The van der Waals surface area contributed by atoms with Gasteiger partial charge in [-0.1, -0.05) is 66.4 Å². The summed E-state index contributed by atoms with van der Waals surface area (Å²) in [4.78, 5) is 28.9. The fourth-order valence-corrected chi connectivity index (χ4v) is 6.67. The van der Waals surface area contributed by atoms with Gasteiger partial charge in [-0.05, 0) is 68.7 Å². The van der Waals surface area contributed by atoms with Crippen LogP contribution in [0.2, 0.25) is 5.02 Å². The summed E-state index contributed by atoms with van der Waals surface area (Å²) >= 11 is 6.46. The number of rotatable bonds is 11. The van der Waals surface area contributed by atoms with Crippen LogP contribution in [0.1, 0.15) is 43.7 Å². The highest BCUT2D eigenvalue weighted by atomic mass is 35.5. The third kappa shape index (κ3) is 7.40. The minimum Gasteiger partial charge on any atom is -0.497 e. The van der Waals surface area contributed by atoms with Crippen molar-refractivity contribution < 1.29 is 22.7 Å². The molecule has 1 fully saturated rings. The Morgan fingerprint density at radius 1 is 1.02 bits per heavy atom. The topological polar surface area (TPSA) is 96.0 Å². The summed E-state index contributed by atoms with van der Waals surface area (Å²) in [6, 6.07) is 19.3. The molecule has 1 saturated carbocycles. The second kappa shape index (κ2) is 13.4. The molecule has 0 heterocycles. The third-order valence-electron chi connectivity index (χ3n) is 7.36. The van der Waals surface area contributed by atoms with E-state index in [2.05, 4.69) is 5.32 Å². The number of carbonyl (C=O) groups is 2. The Morgan fingerprint density at radius 2 is 1.71 bits per heavy atom. The molecule has 1 aliphatic rings. The van der Waals surface area contributed by atoms with Crippen molar-refractivity contribution >= 4 is 39.1 Å². The molecular weight excluding hydrogens is 562 g/mol. The molecule has 0 bridgehead atoms. The number of hydrogen-bond acceptors (Lipinski definition) is 5. The predicted molar refractivity (Wildman–Crippen MR) is 161 cm³/mol. The van der Waals surface area contributed by atoms with Gasteiger partial charge in [-0.15, -0.1) is 0 Å². The molecule has 0 radical (unpaired) electrons. The van der Waals surface area contributed by atoms with Crippen LogP contribution in [0.15, 0.2) is 77.7 Å². The van der Waals surface area contributed by atoms with Gasteiger partial charge in [0.15, 0.2) is 0 Å². The second-order valence-corrected chi connectivity index (χ2v) is 12.6. The van der Waals surface area contributed by atoms with E-state index in [4.69, 9.17) is 16.3 Å². The largest absolute Gasteiger partial charge is 0.497 e. The van der Waals surface area contributed by atoms with Crippen LogP contribution >= 0.6 is 11.6 Å². The number of carbonyl (C=O) groups excluding carboxylic acids is 2. The smallest absolute Gasteiger partial charge is 0.264 e. The summed E-state index contributed by atoms with van der Waals surface area (Å²) in [5.41, 5.74) is 1.81. The van der Waals surface area contributed by atoms with Gasteiger partial charge in [0.2, 0.25) is 11.8 Å². The molecule has 0 aliphatic heterocycles. The lowest BCUT2D eigenvalue weighted by Crippen LogP contribution is -2.52. The number of nitrogens with one attached hydrogen (secondary N) is 1. The van der Waals surface area contributed by atoms with Crippen molar-refractivity contribution in [2.75, 3.05) is 18.0 Å². The maximum atomic E-state index is 14.1. The van der Waals surface area contributed by atoms with Gasteiger partial charge in [0.1, 0.15) is 18.3 Å². The van der Waals surface area contributed by atoms with Crippen molar-refractivity contribution in [2.24, 2.45) is 0 Å². The monoisotopic (exact) mass is 597 g/mol. The number of hydrogen-bond donors (Lipinski definition) is 1. The van der Waals surface area contributed by atoms with Crippen molar-refractivity contribution in [3.05, 3.63) is 88.9 Å². The van der Waals surface area contributed by atoms with E-state index in [-0.39, 0.29) is 34.1 Å². The number of ether oxygens (including phenoxy) is 1. The Balaban J connectivity index is 1.70. The minimum absolute atomic E-state index is 0.0298. The van der Waals surface area contributed by atoms with Gasteiger partial charge < -0.3 is 15.0 Å². The van der Waals surface area contributed by atoms with E-state index < -0.39 is 28.5 Å². The Morgan fingerprint density at radius 3 is 2.37 bits per heavy atom. The van der Waals surface area contributed by atoms with Crippen molar-refractivity contribution in [1.82, 2.24) is 10.2 Å². The van der Waals surface area contributed by atoms with Crippen LogP contribution in [-0.4, -0.2) is 50.9 Å². The zero-order valence-electron chi connectivity index (χ0n) is 23.5. The van der Waals surface area contributed by atoms with Crippen molar-refractivity contribution in [1.29, 1.82) is 0 Å². The molecule has 1 atom stereocenters. The molecule has 0 spiro atoms. The lowest BCUT2D eigenvalue weighted by Gasteiger charge is -2.32. The molecular formula is C31H36ClN3O5S. The lowest BCUT2D eigenvalue weighted by molar-refractivity contribution is -0.139. The van der Waals surface area contributed by atoms with Gasteiger partial charge in [0, 0.05) is 12.6 Å². The van der Waals surface area contributed by atoms with E-state index >= 15 is 0 Å². The van der Waals surface area contributed by atoms with Crippen LogP contribution in [0.5, 0.6) is 5.75 Å². The van der Waals surface area contributed by atoms with E-state index in [9.17, 15) is 18.0 Å². The van der Waals surface area contributed by atoms with E-state index in [0.29, 0.717) is 5.75 Å². The SMILES string of the molecule is COc1cccc(CN(C(=O)CN(c2ccccc2Cl)S(=O)(=O)c2ccc(C)cc2)C(C)C(=O)NC2CCCC2)c1. The van der Waals surface area contributed by atoms with Gasteiger partial charge in [0.25, 0.3) is 10.0 Å². The number of methoxy groups -OCH3 is 1. The average Bonchev–Trinajstić information content (AvgIpc) is 3.48. The number of aryl methyl sites for hydroxylation is 1. The summed E-state index contributed by atoms with van der Waals surface area (Å²) in [6.45, 7) is 3.05. The number of sulfonamides is 1. The number of para-hydroxylation sites is 1. The summed E-state index contributed by atoms with van der Waals surface area (Å²) in [5.74, 6) is -0.214. The van der Waals surface area contributed by atoms with E-state index in [1.807, 2.05) is 13.0 Å². The van der Waals surface area contributed by atoms with Crippen molar-refractivity contribution in [3.63, 3.8) is 0 Å². The zero-order valence-corrected chi connectivity index (χ0v) is 25.1. The molecule has 41 heavy (non-hydrogen) atoms. The van der Waals surface area contributed by atoms with Crippen LogP contribution in [0, 0.1) is 6.92 Å². The molecule has 218 valence electrons. The number of nitrogens with zero attached hydrogens (tertiary/aromatic N) is 2. The maximum Gasteiger partial charge on any atom is 0.264 e. The molecule has 2 amide bonds. The van der Waals surface area contributed by atoms with Crippen molar-refractivity contribution in [3.8, 4) is 5.75 Å². The summed E-state index contributed by atoms with van der Waals surface area (Å²) in [6.07, 6.45) is 3.90. The highest BCUT2D eigenvalue weighted by molar-refractivity contribution is 7.92. The number of anilines is 1. The second-order valence-electron chi connectivity index (χ2n) is 10.3. The molecule has 1 aliphatic carbocycles. The number of amides is 2. The molecule has 3 aromatic carbocycles. The fraction of sp³-hybridized carbons (Fsp3) is 0.355. The first-order valence-electron chi connectivity index (χ1n) is 13.7. The van der Waals surface area contributed by atoms with Gasteiger partial charge in [-0.25, -0.2) is 8.42 Å². The van der Waals surface area contributed by atoms with Crippen LogP contribution < -0.4 is 14.4 Å². The number of benzene rings is 3. The highest BCUT2D eigenvalue weighted by Crippen LogP contribution is 2.31. The molecule has 3 aromatic rings. The molecule has 10 heteroatoms. The Bertz CT molecular complexity index is 1470. The van der Waals surface area contributed by atoms with Gasteiger partial charge in [-0.2, -0.15) is 0 Å². The Labute approximate surface area is 247 Å². The molecule has 0 aromatic heterocycles. The molecule has 1 N–H and O–H groups in total. The average molecular weight is 598 g/mol. The van der Waals surface area contributed by atoms with E-state index in [1.165, 1.54) is 17.0 Å². The lowest BCUT2D eigenvalue weighted by atomic mass is 10.1. The normalized spacial score (nSPS) is 14.3. The minimum atomic E-state index is -4.19. The highest BCUT2D eigenvalue weighted by Gasteiger charge is 2.34. The zero-order chi connectivity index (χ0) is 29.6. The fourth-order valence-electron chi connectivity index (χ4n) is 4.95. The van der Waals surface area contributed by atoms with E-state index in [0.717, 1.165) is 41.1 Å². The van der Waals surface area contributed by atoms with E-state index in [1.54, 1.807) is 68.6 Å². The molecule has 0 saturated heterocycles. The molecule has 8 nitrogen and oxygen atoms in total. The molecule has 4 rings (SSSR count). The Kier molecular flexibility index (Phi) is 9.94. The first-order chi connectivity index (χ1) is 19.6. The van der Waals surface area contributed by atoms with Gasteiger partial charge in [-0.3, -0.25) is 13.9 Å². The quantitative estimate of drug-likeness (QED) is 0.322. The first-order valence-corrected chi connectivity index (χ1v) is 15.5. The third-order valence-corrected chi connectivity index (χ3v) is 9.46. The maximum absolute atomic E-state index is 14.1. The van der Waals surface area contributed by atoms with Crippen LogP contribution in [0.4, 0.5) is 5.69 Å². The summed E-state index contributed by atoms with van der Waals surface area (Å²) in [7, 11) is -2.64. The van der Waals surface area contributed by atoms with Gasteiger partial charge in [0.05, 0.1) is 22.7 Å². The molecule has 1 unspecified atom stereocenters. The van der Waals surface area contributed by atoms with Gasteiger partial charge >= 0.3 is 0 Å². The van der Waals surface area contributed by atoms with Crippen LogP contribution in [-0.2, 0) is 26.2 Å². The first kappa shape index (κ1) is 30.4. The summed E-state index contributed by atoms with van der Waals surface area (Å²) < 4.78 is 34.2. The van der Waals surface area contributed by atoms with Crippen LogP contribution in [0.25, 0.3) is 0 Å². The van der Waals surface area contributed by atoms with Crippen molar-refractivity contribution in [2.45, 2.75) is 63.1 Å². The number of halogens is 1. The Hall–Kier alpha value is -3.56.